The molecule has 2 bridgehead atoms. The molecule has 0 N–H and O–H groups in total. The van der Waals surface area contributed by atoms with Gasteiger partial charge in [0.1, 0.15) is 17.0 Å². The second-order valence-electron chi connectivity index (χ2n) is 9.67. The largest absolute Gasteiger partial charge is 0.488 e. The molecule has 2 unspecified atom stereocenters. The second-order valence-corrected chi connectivity index (χ2v) is 9.67. The van der Waals surface area contributed by atoms with Crippen molar-refractivity contribution in [3.8, 4) is 5.75 Å². The fourth-order valence-electron chi connectivity index (χ4n) is 3.93. The Morgan fingerprint density at radius 2 is 1.67 bits per heavy atom. The third-order valence-electron chi connectivity index (χ3n) is 4.89. The normalized spacial score (nSPS) is 22.9. The molecule has 0 aliphatic carbocycles. The Kier molecular flexibility index (Phi) is 5.29. The van der Waals surface area contributed by atoms with Crippen molar-refractivity contribution in [1.82, 2.24) is 4.90 Å². The van der Waals surface area contributed by atoms with Crippen LogP contribution in [0.4, 0.5) is 4.79 Å². The topological polar surface area (TPSA) is 38.8 Å². The molecular formula is C23H33NO3. The number of hydrogen-bond acceptors (Lipinski definition) is 3. The highest BCUT2D eigenvalue weighted by molar-refractivity contribution is 5.75. The van der Waals surface area contributed by atoms with Crippen LogP contribution < -0.4 is 4.74 Å². The lowest BCUT2D eigenvalue weighted by atomic mass is 9.83. The van der Waals surface area contributed by atoms with Gasteiger partial charge >= 0.3 is 6.09 Å². The zero-order valence-electron chi connectivity index (χ0n) is 17.5. The SMILES string of the molecule is CC(C)(C)OC(=O)N1C2C=C(c3ccc(OC(C)(C)C)cc3)CC1CCC2. The highest BCUT2D eigenvalue weighted by Crippen LogP contribution is 2.38. The molecule has 0 aromatic heterocycles. The van der Waals surface area contributed by atoms with Gasteiger partial charge in [-0.2, -0.15) is 0 Å². The van der Waals surface area contributed by atoms with Crippen LogP contribution >= 0.6 is 0 Å². The Labute approximate surface area is 163 Å². The monoisotopic (exact) mass is 371 g/mol. The maximum Gasteiger partial charge on any atom is 0.411 e. The summed E-state index contributed by atoms with van der Waals surface area (Å²) in [7, 11) is 0. The number of fused-ring (bicyclic) bond motifs is 2. The van der Waals surface area contributed by atoms with Crippen LogP contribution in [0.1, 0.15) is 72.8 Å². The Balaban J connectivity index is 1.78. The standard InChI is InChI=1S/C23H33NO3/c1-22(2,3)26-20-12-10-16(11-13-20)17-14-18-8-7-9-19(15-17)24(18)21(25)27-23(4,5)6/h10-14,18-19H,7-9,15H2,1-6H3. The van der Waals surface area contributed by atoms with Gasteiger partial charge in [0.15, 0.2) is 0 Å². The maximum atomic E-state index is 12.7. The molecule has 2 aliphatic heterocycles. The Hall–Kier alpha value is -1.97. The Bertz CT molecular complexity index is 707. The van der Waals surface area contributed by atoms with Crippen LogP contribution in [0.5, 0.6) is 5.75 Å². The number of piperidine rings is 1. The smallest absolute Gasteiger partial charge is 0.411 e. The van der Waals surface area contributed by atoms with E-state index in [-0.39, 0.29) is 23.8 Å². The van der Waals surface area contributed by atoms with Gasteiger partial charge in [-0.15, -0.1) is 0 Å². The van der Waals surface area contributed by atoms with Gasteiger partial charge in [0, 0.05) is 6.04 Å². The van der Waals surface area contributed by atoms with E-state index in [9.17, 15) is 4.79 Å². The number of carbonyl (C=O) groups excluding carboxylic acids is 1. The van der Waals surface area contributed by atoms with E-state index < -0.39 is 5.60 Å². The molecule has 2 heterocycles. The van der Waals surface area contributed by atoms with Crippen LogP contribution in [0.2, 0.25) is 0 Å². The van der Waals surface area contributed by atoms with Crippen LogP contribution in [0, 0.1) is 0 Å². The molecule has 2 aliphatic rings. The van der Waals surface area contributed by atoms with Crippen molar-refractivity contribution in [2.45, 2.75) is 90.5 Å². The molecule has 1 saturated heterocycles. The summed E-state index contributed by atoms with van der Waals surface area (Å²) >= 11 is 0. The molecule has 1 amide bonds. The summed E-state index contributed by atoms with van der Waals surface area (Å²) in [6.07, 6.45) is 6.18. The van der Waals surface area contributed by atoms with Gasteiger partial charge in [0.2, 0.25) is 0 Å². The minimum atomic E-state index is -0.460. The lowest BCUT2D eigenvalue weighted by molar-refractivity contribution is 0.0000836. The lowest BCUT2D eigenvalue weighted by Crippen LogP contribution is -2.53. The molecule has 27 heavy (non-hydrogen) atoms. The number of rotatable bonds is 2. The Morgan fingerprint density at radius 1 is 1.00 bits per heavy atom. The minimum absolute atomic E-state index is 0.132. The zero-order valence-corrected chi connectivity index (χ0v) is 17.5. The van der Waals surface area contributed by atoms with Crippen molar-refractivity contribution in [3.63, 3.8) is 0 Å². The molecule has 0 radical (unpaired) electrons. The third kappa shape index (κ3) is 5.06. The molecule has 1 fully saturated rings. The summed E-state index contributed by atoms with van der Waals surface area (Å²) in [6.45, 7) is 11.9. The molecule has 0 spiro atoms. The first-order chi connectivity index (χ1) is 12.5. The summed E-state index contributed by atoms with van der Waals surface area (Å²) in [5, 5.41) is 0. The first-order valence-corrected chi connectivity index (χ1v) is 10.0. The second kappa shape index (κ2) is 7.21. The van der Waals surface area contributed by atoms with Crippen LogP contribution in [0.3, 0.4) is 0 Å². The van der Waals surface area contributed by atoms with Crippen molar-refractivity contribution in [2.24, 2.45) is 0 Å². The summed E-state index contributed by atoms with van der Waals surface area (Å²) < 4.78 is 11.6. The molecule has 148 valence electrons. The van der Waals surface area contributed by atoms with Gasteiger partial charge in [-0.3, -0.25) is 4.90 Å². The zero-order chi connectivity index (χ0) is 19.8. The van der Waals surface area contributed by atoms with Gasteiger partial charge in [-0.1, -0.05) is 18.2 Å². The number of carbonyl (C=O) groups is 1. The van der Waals surface area contributed by atoms with Crippen molar-refractivity contribution >= 4 is 11.7 Å². The molecule has 4 nitrogen and oxygen atoms in total. The van der Waals surface area contributed by atoms with E-state index in [0.29, 0.717) is 0 Å². The molecule has 0 saturated carbocycles. The number of amides is 1. The third-order valence-corrected chi connectivity index (χ3v) is 4.89. The maximum absolute atomic E-state index is 12.7. The van der Waals surface area contributed by atoms with Gasteiger partial charge in [-0.25, -0.2) is 4.79 Å². The minimum Gasteiger partial charge on any atom is -0.488 e. The average molecular weight is 372 g/mol. The van der Waals surface area contributed by atoms with E-state index in [4.69, 9.17) is 9.47 Å². The van der Waals surface area contributed by atoms with Crippen LogP contribution in [0.25, 0.3) is 5.57 Å². The van der Waals surface area contributed by atoms with E-state index >= 15 is 0 Å². The van der Waals surface area contributed by atoms with Crippen molar-refractivity contribution in [3.05, 3.63) is 35.9 Å². The average Bonchev–Trinajstić information content (AvgIpc) is 2.51. The number of hydrogen-bond donors (Lipinski definition) is 0. The summed E-state index contributed by atoms with van der Waals surface area (Å²) in [5.41, 5.74) is 1.89. The highest BCUT2D eigenvalue weighted by Gasteiger charge is 2.39. The quantitative estimate of drug-likeness (QED) is 0.658. The number of ether oxygens (including phenoxy) is 2. The molecule has 4 heteroatoms. The van der Waals surface area contributed by atoms with E-state index in [1.807, 2.05) is 37.8 Å². The summed E-state index contributed by atoms with van der Waals surface area (Å²) in [4.78, 5) is 14.7. The van der Waals surface area contributed by atoms with Gasteiger partial charge in [-0.05, 0) is 90.5 Å². The van der Waals surface area contributed by atoms with Crippen molar-refractivity contribution in [1.29, 1.82) is 0 Å². The number of nitrogens with zero attached hydrogens (tertiary/aromatic N) is 1. The van der Waals surface area contributed by atoms with E-state index in [1.165, 1.54) is 11.1 Å². The van der Waals surface area contributed by atoms with Gasteiger partial charge in [0.25, 0.3) is 0 Å². The predicted molar refractivity (Wildman–Crippen MR) is 109 cm³/mol. The van der Waals surface area contributed by atoms with E-state index in [2.05, 4.69) is 39.0 Å². The van der Waals surface area contributed by atoms with E-state index in [0.717, 1.165) is 31.4 Å². The highest BCUT2D eigenvalue weighted by atomic mass is 16.6. The van der Waals surface area contributed by atoms with Crippen molar-refractivity contribution < 1.29 is 14.3 Å². The molecular weight excluding hydrogens is 338 g/mol. The summed E-state index contributed by atoms with van der Waals surface area (Å²) in [5.74, 6) is 0.887. The fraction of sp³-hybridized carbons (Fsp3) is 0.609. The molecule has 1 aromatic carbocycles. The predicted octanol–water partition coefficient (Wildman–Crippen LogP) is 5.81. The van der Waals surface area contributed by atoms with Crippen LogP contribution in [-0.4, -0.2) is 34.3 Å². The van der Waals surface area contributed by atoms with Crippen molar-refractivity contribution in [2.75, 3.05) is 0 Å². The molecule has 2 atom stereocenters. The van der Waals surface area contributed by atoms with Gasteiger partial charge < -0.3 is 9.47 Å². The first kappa shape index (κ1) is 19.8. The van der Waals surface area contributed by atoms with Gasteiger partial charge in [0.05, 0.1) is 6.04 Å². The fourth-order valence-corrected chi connectivity index (χ4v) is 3.93. The first-order valence-electron chi connectivity index (χ1n) is 10.0. The molecule has 1 aromatic rings. The number of benzene rings is 1. The van der Waals surface area contributed by atoms with E-state index in [1.54, 1.807) is 0 Å². The van der Waals surface area contributed by atoms with Crippen LogP contribution in [0.15, 0.2) is 30.3 Å². The lowest BCUT2D eigenvalue weighted by Gasteiger charge is -2.45. The molecule has 3 rings (SSSR count). The summed E-state index contributed by atoms with van der Waals surface area (Å²) in [6, 6.07) is 8.70. The Morgan fingerprint density at radius 3 is 2.22 bits per heavy atom. The van der Waals surface area contributed by atoms with Crippen LogP contribution in [-0.2, 0) is 4.74 Å².